The number of unbranched alkanes of at least 4 members (excludes halogenated alkanes) is 1. The highest BCUT2D eigenvalue weighted by atomic mass is 16.8. The van der Waals surface area contributed by atoms with Crippen molar-refractivity contribution in [3.05, 3.63) is 12.2 Å². The Bertz CT molecular complexity index is 262. The lowest BCUT2D eigenvalue weighted by Gasteiger charge is -2.38. The molecular weight excluding hydrogens is 212 g/mol. The summed E-state index contributed by atoms with van der Waals surface area (Å²) in [6.45, 7) is 6.47. The van der Waals surface area contributed by atoms with Gasteiger partial charge in [0.1, 0.15) is 0 Å². The molecule has 0 aromatic heterocycles. The van der Waals surface area contributed by atoms with Gasteiger partial charge in [0.2, 0.25) is 0 Å². The van der Waals surface area contributed by atoms with E-state index in [-0.39, 0.29) is 18.0 Å². The zero-order valence-electron chi connectivity index (χ0n) is 11.4. The van der Waals surface area contributed by atoms with Gasteiger partial charge in [-0.1, -0.05) is 31.9 Å². The van der Waals surface area contributed by atoms with Crippen LogP contribution in [0.15, 0.2) is 12.2 Å². The molecule has 1 saturated heterocycles. The van der Waals surface area contributed by atoms with Gasteiger partial charge in [0.25, 0.3) is 0 Å². The number of rotatable bonds is 3. The lowest BCUT2D eigenvalue weighted by Crippen LogP contribution is -2.41. The Morgan fingerprint density at radius 1 is 1.18 bits per heavy atom. The van der Waals surface area contributed by atoms with Crippen LogP contribution in [-0.2, 0) is 9.47 Å². The van der Waals surface area contributed by atoms with E-state index >= 15 is 0 Å². The van der Waals surface area contributed by atoms with E-state index in [0.717, 1.165) is 12.8 Å². The molecule has 2 nitrogen and oxygen atoms in total. The molecule has 2 rings (SSSR count). The highest BCUT2D eigenvalue weighted by Gasteiger charge is 2.49. The number of hydrogen-bond donors (Lipinski definition) is 0. The Morgan fingerprint density at radius 3 is 2.53 bits per heavy atom. The van der Waals surface area contributed by atoms with Gasteiger partial charge in [-0.2, -0.15) is 0 Å². The van der Waals surface area contributed by atoms with Gasteiger partial charge in [0, 0.05) is 12.3 Å². The fourth-order valence-electron chi connectivity index (χ4n) is 2.95. The maximum Gasteiger partial charge on any atom is 0.175 e. The van der Waals surface area contributed by atoms with Crippen molar-refractivity contribution in [1.29, 1.82) is 0 Å². The van der Waals surface area contributed by atoms with Crippen LogP contribution < -0.4 is 0 Å². The zero-order valence-corrected chi connectivity index (χ0v) is 11.4. The molecule has 0 radical (unpaired) electrons. The highest BCUT2D eigenvalue weighted by molar-refractivity contribution is 5.01. The quantitative estimate of drug-likeness (QED) is 0.690. The summed E-state index contributed by atoms with van der Waals surface area (Å²) < 4.78 is 12.3. The van der Waals surface area contributed by atoms with Crippen LogP contribution in [0.25, 0.3) is 0 Å². The topological polar surface area (TPSA) is 18.5 Å². The minimum Gasteiger partial charge on any atom is -0.344 e. The van der Waals surface area contributed by atoms with E-state index in [0.29, 0.717) is 5.92 Å². The van der Waals surface area contributed by atoms with Crippen LogP contribution in [0.5, 0.6) is 0 Å². The minimum absolute atomic E-state index is 0.232. The lowest BCUT2D eigenvalue weighted by atomic mass is 9.82. The molecule has 1 aliphatic carbocycles. The predicted octanol–water partition coefficient (Wildman–Crippen LogP) is 4.05. The van der Waals surface area contributed by atoms with E-state index < -0.39 is 0 Å². The van der Waals surface area contributed by atoms with E-state index in [1.54, 1.807) is 0 Å². The molecule has 1 aliphatic heterocycles. The first-order valence-corrected chi connectivity index (χ1v) is 7.20. The van der Waals surface area contributed by atoms with Gasteiger partial charge >= 0.3 is 0 Å². The van der Waals surface area contributed by atoms with E-state index in [4.69, 9.17) is 9.47 Å². The van der Waals surface area contributed by atoms with Crippen molar-refractivity contribution in [2.45, 2.75) is 77.3 Å². The van der Waals surface area contributed by atoms with Crippen LogP contribution >= 0.6 is 0 Å². The first kappa shape index (κ1) is 13.1. The molecule has 1 heterocycles. The molecule has 0 bridgehead atoms. The SMILES string of the molecule is CCC/C=C/[C@@H]1CCCCC12O[C@H](C)[C@@H](C)O2. The van der Waals surface area contributed by atoms with Crippen LogP contribution in [0.4, 0.5) is 0 Å². The van der Waals surface area contributed by atoms with E-state index in [9.17, 15) is 0 Å². The summed E-state index contributed by atoms with van der Waals surface area (Å²) in [5.41, 5.74) is 0. The molecule has 1 spiro atoms. The van der Waals surface area contributed by atoms with Crippen LogP contribution in [0.3, 0.4) is 0 Å². The molecule has 2 heteroatoms. The predicted molar refractivity (Wildman–Crippen MR) is 69.8 cm³/mol. The normalized spacial score (nSPS) is 37.0. The van der Waals surface area contributed by atoms with Crippen molar-refractivity contribution in [2.75, 3.05) is 0 Å². The van der Waals surface area contributed by atoms with Crippen molar-refractivity contribution in [3.8, 4) is 0 Å². The fourth-order valence-corrected chi connectivity index (χ4v) is 2.95. The summed E-state index contributed by atoms with van der Waals surface area (Å²) in [5, 5.41) is 0. The van der Waals surface area contributed by atoms with E-state index in [1.807, 2.05) is 0 Å². The first-order valence-electron chi connectivity index (χ1n) is 7.20. The molecular formula is C15H26O2. The molecule has 98 valence electrons. The molecule has 0 aromatic carbocycles. The second kappa shape index (κ2) is 5.53. The maximum absolute atomic E-state index is 6.17. The monoisotopic (exact) mass is 238 g/mol. The van der Waals surface area contributed by atoms with Gasteiger partial charge in [-0.05, 0) is 33.1 Å². The summed E-state index contributed by atoms with van der Waals surface area (Å²) in [6, 6.07) is 0. The smallest absolute Gasteiger partial charge is 0.175 e. The van der Waals surface area contributed by atoms with Crippen molar-refractivity contribution < 1.29 is 9.47 Å². The maximum atomic E-state index is 6.17. The lowest BCUT2D eigenvalue weighted by molar-refractivity contribution is -0.214. The van der Waals surface area contributed by atoms with Crippen molar-refractivity contribution in [1.82, 2.24) is 0 Å². The summed E-state index contributed by atoms with van der Waals surface area (Å²) in [6.07, 6.45) is 12.3. The van der Waals surface area contributed by atoms with Gasteiger partial charge in [-0.15, -0.1) is 0 Å². The molecule has 0 amide bonds. The summed E-state index contributed by atoms with van der Waals surface area (Å²) in [7, 11) is 0. The van der Waals surface area contributed by atoms with Crippen LogP contribution in [0, 0.1) is 5.92 Å². The number of ether oxygens (including phenoxy) is 2. The average molecular weight is 238 g/mol. The largest absolute Gasteiger partial charge is 0.344 e. The Balaban J connectivity index is 2.07. The molecule has 0 N–H and O–H groups in total. The third-order valence-electron chi connectivity index (χ3n) is 4.11. The second-order valence-corrected chi connectivity index (χ2v) is 5.53. The van der Waals surface area contributed by atoms with Crippen LogP contribution in [0.2, 0.25) is 0 Å². The number of hydrogen-bond acceptors (Lipinski definition) is 2. The standard InChI is InChI=1S/C15H26O2/c1-4-5-6-9-14-10-7-8-11-15(14)16-12(2)13(3)17-15/h6,9,12-14H,4-5,7-8,10-11H2,1-3H3/b9-6+/t12-,13-,14-/m1/s1. The summed E-state index contributed by atoms with van der Waals surface area (Å²) >= 11 is 0. The van der Waals surface area contributed by atoms with Crippen LogP contribution in [-0.4, -0.2) is 18.0 Å². The second-order valence-electron chi connectivity index (χ2n) is 5.53. The Kier molecular flexibility index (Phi) is 4.26. The number of allylic oxidation sites excluding steroid dienone is 1. The molecule has 0 unspecified atom stereocenters. The molecule has 17 heavy (non-hydrogen) atoms. The summed E-state index contributed by atoms with van der Waals surface area (Å²) in [5.74, 6) is 0.150. The van der Waals surface area contributed by atoms with Crippen LogP contribution in [0.1, 0.15) is 59.3 Å². The molecule has 1 saturated carbocycles. The van der Waals surface area contributed by atoms with Crippen molar-refractivity contribution in [3.63, 3.8) is 0 Å². The third-order valence-corrected chi connectivity index (χ3v) is 4.11. The van der Waals surface area contributed by atoms with E-state index in [1.165, 1.54) is 25.7 Å². The van der Waals surface area contributed by atoms with Gasteiger partial charge in [-0.3, -0.25) is 0 Å². The van der Waals surface area contributed by atoms with Gasteiger partial charge < -0.3 is 9.47 Å². The fraction of sp³-hybridized carbons (Fsp3) is 0.867. The Hall–Kier alpha value is -0.340. The Labute approximate surface area is 105 Å². The minimum atomic E-state index is -0.304. The third kappa shape index (κ3) is 2.74. The molecule has 2 fully saturated rings. The average Bonchev–Trinajstić information content (AvgIpc) is 2.58. The van der Waals surface area contributed by atoms with Crippen molar-refractivity contribution >= 4 is 0 Å². The van der Waals surface area contributed by atoms with Gasteiger partial charge in [-0.25, -0.2) is 0 Å². The highest BCUT2D eigenvalue weighted by Crippen LogP contribution is 2.44. The Morgan fingerprint density at radius 2 is 1.88 bits per heavy atom. The van der Waals surface area contributed by atoms with E-state index in [2.05, 4.69) is 32.9 Å². The van der Waals surface area contributed by atoms with Gasteiger partial charge in [0.15, 0.2) is 5.79 Å². The first-order chi connectivity index (χ1) is 8.18. The molecule has 2 aliphatic rings. The molecule has 0 aromatic rings. The summed E-state index contributed by atoms with van der Waals surface area (Å²) in [4.78, 5) is 0. The van der Waals surface area contributed by atoms with Gasteiger partial charge in [0.05, 0.1) is 12.2 Å². The molecule has 3 atom stereocenters. The van der Waals surface area contributed by atoms with Crippen molar-refractivity contribution in [2.24, 2.45) is 5.92 Å². The zero-order chi connectivity index (χ0) is 12.3.